The average molecular weight is 337 g/mol. The molecule has 4 unspecified atom stereocenters. The Morgan fingerprint density at radius 1 is 1.35 bits per heavy atom. The van der Waals surface area contributed by atoms with Crippen molar-refractivity contribution in [1.29, 1.82) is 0 Å². The molecular weight excluding hydrogens is 312 g/mol. The number of fused-ring (bicyclic) bond motifs is 2. The number of rotatable bonds is 4. The minimum atomic E-state index is 0.0937. The van der Waals surface area contributed by atoms with Gasteiger partial charge >= 0.3 is 0 Å². The van der Waals surface area contributed by atoms with Crippen LogP contribution in [0.5, 0.6) is 0 Å². The molecular formula is C17H25BrN2. The topological polar surface area (TPSA) is 29.3 Å². The van der Waals surface area contributed by atoms with Crippen molar-refractivity contribution < 1.29 is 0 Å². The Morgan fingerprint density at radius 3 is 2.70 bits per heavy atom. The summed E-state index contributed by atoms with van der Waals surface area (Å²) < 4.78 is 1.16. The van der Waals surface area contributed by atoms with E-state index in [1.54, 1.807) is 0 Å². The van der Waals surface area contributed by atoms with E-state index in [4.69, 9.17) is 5.73 Å². The number of hydrogen-bond acceptors (Lipinski definition) is 2. The van der Waals surface area contributed by atoms with Crippen LogP contribution in [0.15, 0.2) is 22.7 Å². The van der Waals surface area contributed by atoms with Crippen LogP contribution in [0.25, 0.3) is 0 Å². The molecule has 2 saturated carbocycles. The summed E-state index contributed by atoms with van der Waals surface area (Å²) in [6.45, 7) is 3.22. The molecule has 2 aliphatic carbocycles. The third-order valence-corrected chi connectivity index (χ3v) is 5.94. The Morgan fingerprint density at radius 2 is 2.15 bits per heavy atom. The lowest BCUT2D eigenvalue weighted by molar-refractivity contribution is 0.337. The fourth-order valence-corrected chi connectivity index (χ4v) is 4.87. The van der Waals surface area contributed by atoms with Crippen molar-refractivity contribution in [3.63, 3.8) is 0 Å². The normalized spacial score (nSPS) is 29.7. The van der Waals surface area contributed by atoms with Gasteiger partial charge in [-0.2, -0.15) is 0 Å². The molecule has 110 valence electrons. The van der Waals surface area contributed by atoms with Crippen LogP contribution in [0, 0.1) is 17.8 Å². The average Bonchev–Trinajstić information content (AvgIpc) is 3.00. The Labute approximate surface area is 130 Å². The Bertz CT molecular complexity index is 486. The summed E-state index contributed by atoms with van der Waals surface area (Å²) in [4.78, 5) is 2.42. The van der Waals surface area contributed by atoms with Crippen LogP contribution < -0.4 is 10.6 Å². The maximum Gasteiger partial charge on any atom is 0.0508 e. The molecule has 2 nitrogen and oxygen atoms in total. The molecule has 0 saturated heterocycles. The molecule has 4 atom stereocenters. The second-order valence-electron chi connectivity index (χ2n) is 6.81. The summed E-state index contributed by atoms with van der Waals surface area (Å²) >= 11 is 3.71. The Kier molecular flexibility index (Phi) is 4.09. The van der Waals surface area contributed by atoms with Gasteiger partial charge in [-0.1, -0.05) is 12.5 Å². The smallest absolute Gasteiger partial charge is 0.0508 e. The molecule has 2 N–H and O–H groups in total. The molecule has 0 spiro atoms. The minimum absolute atomic E-state index is 0.0937. The van der Waals surface area contributed by atoms with E-state index in [0.717, 1.165) is 22.2 Å². The monoisotopic (exact) mass is 336 g/mol. The molecule has 2 bridgehead atoms. The summed E-state index contributed by atoms with van der Waals surface area (Å²) in [7, 11) is 2.22. The predicted molar refractivity (Wildman–Crippen MR) is 89.0 cm³/mol. The van der Waals surface area contributed by atoms with Crippen molar-refractivity contribution >= 4 is 21.6 Å². The molecule has 0 heterocycles. The van der Waals surface area contributed by atoms with Crippen molar-refractivity contribution in [3.05, 3.63) is 28.2 Å². The highest BCUT2D eigenvalue weighted by molar-refractivity contribution is 9.10. The number of benzene rings is 1. The standard InChI is InChI=1S/C17H25BrN2/c1-11(19)13-5-6-17(16(18)9-13)20(2)10-15-8-12-3-4-14(15)7-12/h5-6,9,11-12,14-15H,3-4,7-8,10,19H2,1-2H3. The van der Waals surface area contributed by atoms with Gasteiger partial charge in [0, 0.05) is 24.1 Å². The SMILES string of the molecule is CC(N)c1ccc(N(C)CC2CC3CCC2C3)c(Br)c1. The number of nitrogens with two attached hydrogens (primary N) is 1. The van der Waals surface area contributed by atoms with E-state index < -0.39 is 0 Å². The Balaban J connectivity index is 1.69. The molecule has 1 aromatic carbocycles. The van der Waals surface area contributed by atoms with Crippen molar-refractivity contribution in [2.24, 2.45) is 23.5 Å². The molecule has 3 rings (SSSR count). The lowest BCUT2D eigenvalue weighted by atomic mass is 9.88. The molecule has 2 aliphatic rings. The van der Waals surface area contributed by atoms with Gasteiger partial charge in [0.05, 0.1) is 5.69 Å². The van der Waals surface area contributed by atoms with E-state index >= 15 is 0 Å². The summed E-state index contributed by atoms with van der Waals surface area (Å²) in [5.74, 6) is 2.92. The lowest BCUT2D eigenvalue weighted by Gasteiger charge is -2.29. The summed E-state index contributed by atoms with van der Waals surface area (Å²) in [6, 6.07) is 6.62. The zero-order valence-electron chi connectivity index (χ0n) is 12.5. The minimum Gasteiger partial charge on any atom is -0.373 e. The van der Waals surface area contributed by atoms with Crippen LogP contribution in [-0.2, 0) is 0 Å². The van der Waals surface area contributed by atoms with Gasteiger partial charge in [0.25, 0.3) is 0 Å². The summed E-state index contributed by atoms with van der Waals surface area (Å²) in [5.41, 5.74) is 8.43. The largest absolute Gasteiger partial charge is 0.373 e. The highest BCUT2D eigenvalue weighted by Crippen LogP contribution is 2.48. The molecule has 2 fully saturated rings. The van der Waals surface area contributed by atoms with E-state index in [2.05, 4.69) is 46.1 Å². The van der Waals surface area contributed by atoms with Crippen molar-refractivity contribution in [2.75, 3.05) is 18.5 Å². The van der Waals surface area contributed by atoms with E-state index in [-0.39, 0.29) is 6.04 Å². The first kappa shape index (κ1) is 14.4. The van der Waals surface area contributed by atoms with E-state index in [1.807, 2.05) is 6.92 Å². The number of nitrogens with zero attached hydrogens (tertiary/aromatic N) is 1. The van der Waals surface area contributed by atoms with E-state index in [9.17, 15) is 0 Å². The molecule has 0 aromatic heterocycles. The number of halogens is 1. The van der Waals surface area contributed by atoms with Gasteiger partial charge in [-0.3, -0.25) is 0 Å². The molecule has 0 aliphatic heterocycles. The molecule has 20 heavy (non-hydrogen) atoms. The highest BCUT2D eigenvalue weighted by atomic mass is 79.9. The quantitative estimate of drug-likeness (QED) is 0.885. The number of hydrogen-bond donors (Lipinski definition) is 1. The van der Waals surface area contributed by atoms with Gasteiger partial charge in [0.1, 0.15) is 0 Å². The van der Waals surface area contributed by atoms with Crippen molar-refractivity contribution in [2.45, 2.75) is 38.6 Å². The van der Waals surface area contributed by atoms with Gasteiger partial charge in [-0.25, -0.2) is 0 Å². The van der Waals surface area contributed by atoms with Crippen molar-refractivity contribution in [3.8, 4) is 0 Å². The van der Waals surface area contributed by atoms with Crippen LogP contribution >= 0.6 is 15.9 Å². The lowest BCUT2D eigenvalue weighted by Crippen LogP contribution is -2.28. The van der Waals surface area contributed by atoms with Gasteiger partial charge < -0.3 is 10.6 Å². The first-order chi connectivity index (χ1) is 9.54. The molecule has 1 aromatic rings. The molecule has 0 radical (unpaired) electrons. The highest BCUT2D eigenvalue weighted by Gasteiger charge is 2.39. The predicted octanol–water partition coefficient (Wildman–Crippen LogP) is 4.34. The van der Waals surface area contributed by atoms with Crippen LogP contribution in [0.3, 0.4) is 0 Å². The van der Waals surface area contributed by atoms with Crippen molar-refractivity contribution in [1.82, 2.24) is 0 Å². The molecule has 0 amide bonds. The first-order valence-corrected chi connectivity index (χ1v) is 8.60. The maximum absolute atomic E-state index is 5.95. The third kappa shape index (κ3) is 2.75. The number of anilines is 1. The summed E-state index contributed by atoms with van der Waals surface area (Å²) in [6.07, 6.45) is 5.89. The van der Waals surface area contributed by atoms with Gasteiger partial charge in [-0.05, 0) is 77.6 Å². The van der Waals surface area contributed by atoms with E-state index in [1.165, 1.54) is 43.5 Å². The molecule has 3 heteroatoms. The zero-order chi connectivity index (χ0) is 14.3. The second kappa shape index (κ2) is 5.69. The van der Waals surface area contributed by atoms with Crippen LogP contribution in [0.4, 0.5) is 5.69 Å². The fourth-order valence-electron chi connectivity index (χ4n) is 4.17. The third-order valence-electron chi connectivity index (χ3n) is 5.30. The summed E-state index contributed by atoms with van der Waals surface area (Å²) in [5, 5.41) is 0. The second-order valence-corrected chi connectivity index (χ2v) is 7.67. The first-order valence-electron chi connectivity index (χ1n) is 7.80. The van der Waals surface area contributed by atoms with Crippen LogP contribution in [0.2, 0.25) is 0 Å². The van der Waals surface area contributed by atoms with E-state index in [0.29, 0.717) is 0 Å². The van der Waals surface area contributed by atoms with Gasteiger partial charge in [0.15, 0.2) is 0 Å². The Hall–Kier alpha value is -0.540. The zero-order valence-corrected chi connectivity index (χ0v) is 14.1. The van der Waals surface area contributed by atoms with Crippen LogP contribution in [0.1, 0.15) is 44.2 Å². The van der Waals surface area contributed by atoms with Gasteiger partial charge in [0.2, 0.25) is 0 Å². The van der Waals surface area contributed by atoms with Crippen LogP contribution in [-0.4, -0.2) is 13.6 Å². The maximum atomic E-state index is 5.95. The van der Waals surface area contributed by atoms with Gasteiger partial charge in [-0.15, -0.1) is 0 Å². The fraction of sp³-hybridized carbons (Fsp3) is 0.647.